The molecular weight excluding hydrogens is 374 g/mol. The Morgan fingerprint density at radius 1 is 0.964 bits per heavy atom. The number of aryl methyl sites for hydroxylation is 1. The van der Waals surface area contributed by atoms with E-state index in [-0.39, 0.29) is 24.2 Å². The summed E-state index contributed by atoms with van der Waals surface area (Å²) in [6, 6.07) is 9.16. The van der Waals surface area contributed by atoms with E-state index in [1.54, 1.807) is 0 Å². The van der Waals surface area contributed by atoms with Gasteiger partial charge in [-0.25, -0.2) is 0 Å². The van der Waals surface area contributed by atoms with Crippen LogP contribution in [0.4, 0.5) is 0 Å². The maximum atomic E-state index is 12.7. The Morgan fingerprint density at radius 2 is 1.54 bits per heavy atom. The molecule has 2 bridgehead atoms. The Morgan fingerprint density at radius 3 is 2.11 bits per heavy atom. The van der Waals surface area contributed by atoms with Crippen LogP contribution in [0.1, 0.15) is 54.9 Å². The van der Waals surface area contributed by atoms with Crippen LogP contribution < -0.4 is 5.32 Å². The van der Waals surface area contributed by atoms with Crippen molar-refractivity contribution in [1.29, 1.82) is 0 Å². The summed E-state index contributed by atoms with van der Waals surface area (Å²) in [5.74, 6) is 0.897. The molecule has 0 spiro atoms. The molecule has 1 N–H and O–H groups in total. The molecule has 2 amide bonds. The second kappa shape index (κ2) is 9.27. The van der Waals surface area contributed by atoms with Crippen LogP contribution in [0.5, 0.6) is 0 Å². The van der Waals surface area contributed by atoms with E-state index in [4.69, 9.17) is 0 Å². The number of amides is 2. The van der Waals surface area contributed by atoms with E-state index in [0.29, 0.717) is 50.6 Å². The fourth-order valence-electron chi connectivity index (χ4n) is 4.94. The highest BCUT2D eigenvalue weighted by Crippen LogP contribution is 2.33. The maximum absolute atomic E-state index is 12.7. The fraction of sp³-hybridized carbons (Fsp3) is 0.636. The molecule has 0 radical (unpaired) electrons. The van der Waals surface area contributed by atoms with Crippen molar-refractivity contribution in [2.75, 3.05) is 26.2 Å². The molecule has 6 heteroatoms. The number of rotatable bonds is 4. The molecule has 2 unspecified atom stereocenters. The predicted octanol–water partition coefficient (Wildman–Crippen LogP) is 2.88. The first-order valence-corrected chi connectivity index (χ1v) is 10.5. The van der Waals surface area contributed by atoms with E-state index >= 15 is 0 Å². The highest BCUT2D eigenvalue weighted by Gasteiger charge is 2.35. The van der Waals surface area contributed by atoms with E-state index in [1.165, 1.54) is 18.4 Å². The van der Waals surface area contributed by atoms with E-state index in [1.807, 2.05) is 34.1 Å². The fourth-order valence-corrected chi connectivity index (χ4v) is 4.94. The van der Waals surface area contributed by atoms with Gasteiger partial charge in [-0.1, -0.05) is 19.1 Å². The highest BCUT2D eigenvalue weighted by molar-refractivity contribution is 5.94. The van der Waals surface area contributed by atoms with Gasteiger partial charge in [-0.05, 0) is 55.7 Å². The lowest BCUT2D eigenvalue weighted by atomic mass is 9.89. The number of benzene rings is 1. The van der Waals surface area contributed by atoms with Crippen LogP contribution >= 0.6 is 12.4 Å². The molecule has 5 nitrogen and oxygen atoms in total. The average molecular weight is 406 g/mol. The Hall–Kier alpha value is -1.59. The van der Waals surface area contributed by atoms with Gasteiger partial charge < -0.3 is 15.1 Å². The number of piperidine rings is 1. The van der Waals surface area contributed by atoms with Crippen molar-refractivity contribution in [3.63, 3.8) is 0 Å². The Bertz CT molecular complexity index is 674. The molecule has 1 aromatic carbocycles. The van der Waals surface area contributed by atoms with E-state index in [2.05, 4.69) is 12.2 Å². The zero-order chi connectivity index (χ0) is 18.8. The first kappa shape index (κ1) is 21.1. The molecule has 3 fully saturated rings. The van der Waals surface area contributed by atoms with Gasteiger partial charge >= 0.3 is 0 Å². The topological polar surface area (TPSA) is 52.7 Å². The minimum Gasteiger partial charge on any atom is -0.339 e. The predicted molar refractivity (Wildman–Crippen MR) is 113 cm³/mol. The van der Waals surface area contributed by atoms with Crippen molar-refractivity contribution in [2.24, 2.45) is 5.92 Å². The van der Waals surface area contributed by atoms with Crippen LogP contribution in [-0.4, -0.2) is 59.9 Å². The number of nitrogens with zero attached hydrogens (tertiary/aromatic N) is 2. The lowest BCUT2D eigenvalue weighted by molar-refractivity contribution is -0.134. The van der Waals surface area contributed by atoms with E-state index in [0.717, 1.165) is 24.8 Å². The molecule has 2 atom stereocenters. The van der Waals surface area contributed by atoms with Crippen LogP contribution in [0.2, 0.25) is 0 Å². The summed E-state index contributed by atoms with van der Waals surface area (Å²) >= 11 is 0. The third kappa shape index (κ3) is 4.69. The Kier molecular flexibility index (Phi) is 7.00. The van der Waals surface area contributed by atoms with Gasteiger partial charge in [-0.15, -0.1) is 12.4 Å². The van der Waals surface area contributed by atoms with Gasteiger partial charge in [-0.3, -0.25) is 9.59 Å². The number of halogens is 1. The number of carbonyl (C=O) groups excluding carboxylic acids is 2. The number of piperazine rings is 1. The molecule has 0 saturated carbocycles. The summed E-state index contributed by atoms with van der Waals surface area (Å²) in [5.41, 5.74) is 1.99. The van der Waals surface area contributed by atoms with Crippen molar-refractivity contribution in [3.05, 3.63) is 35.4 Å². The average Bonchev–Trinajstić information content (AvgIpc) is 3.05. The Balaban J connectivity index is 0.00000225. The summed E-state index contributed by atoms with van der Waals surface area (Å²) in [6.07, 6.45) is 6.50. The second-order valence-electron chi connectivity index (χ2n) is 8.40. The zero-order valence-corrected chi connectivity index (χ0v) is 17.5. The number of fused-ring (bicyclic) bond motifs is 2. The van der Waals surface area contributed by atoms with Gasteiger partial charge in [0.1, 0.15) is 0 Å². The van der Waals surface area contributed by atoms with Crippen LogP contribution in [0, 0.1) is 5.92 Å². The quantitative estimate of drug-likeness (QED) is 0.837. The van der Waals surface area contributed by atoms with Crippen LogP contribution in [0.15, 0.2) is 24.3 Å². The first-order chi connectivity index (χ1) is 13.1. The summed E-state index contributed by atoms with van der Waals surface area (Å²) in [5, 5.41) is 3.64. The van der Waals surface area contributed by atoms with Gasteiger partial charge in [0.15, 0.2) is 0 Å². The standard InChI is InChI=1S/C22H31N3O2.ClH/c1-2-16-3-5-18(6-4-16)22(27)25-11-9-24(10-12-25)21(26)15-17-13-19-7-8-20(14-17)23-19;/h3-6,17,19-20,23H,2,7-15H2,1H3;1H. The van der Waals surface area contributed by atoms with Crippen molar-refractivity contribution in [3.8, 4) is 0 Å². The largest absolute Gasteiger partial charge is 0.339 e. The molecule has 0 aromatic heterocycles. The molecule has 3 aliphatic heterocycles. The van der Waals surface area contributed by atoms with E-state index in [9.17, 15) is 9.59 Å². The molecule has 28 heavy (non-hydrogen) atoms. The number of hydrogen-bond donors (Lipinski definition) is 1. The summed E-state index contributed by atoms with van der Waals surface area (Å²) in [4.78, 5) is 29.3. The molecule has 3 saturated heterocycles. The molecule has 0 aliphatic carbocycles. The Labute approximate surface area is 174 Å². The zero-order valence-electron chi connectivity index (χ0n) is 16.7. The van der Waals surface area contributed by atoms with Gasteiger partial charge in [0, 0.05) is 50.2 Å². The molecule has 3 heterocycles. The van der Waals surface area contributed by atoms with Crippen molar-refractivity contribution >= 4 is 24.2 Å². The molecule has 1 aromatic rings. The molecular formula is C22H32ClN3O2. The lowest BCUT2D eigenvalue weighted by Gasteiger charge is -2.36. The number of nitrogens with one attached hydrogen (secondary N) is 1. The minimum atomic E-state index is 0. The third-order valence-electron chi connectivity index (χ3n) is 6.56. The summed E-state index contributed by atoms with van der Waals surface area (Å²) < 4.78 is 0. The van der Waals surface area contributed by atoms with Crippen LogP contribution in [0.3, 0.4) is 0 Å². The van der Waals surface area contributed by atoms with Gasteiger partial charge in [0.25, 0.3) is 5.91 Å². The maximum Gasteiger partial charge on any atom is 0.253 e. The van der Waals surface area contributed by atoms with Crippen molar-refractivity contribution in [2.45, 2.75) is 57.5 Å². The van der Waals surface area contributed by atoms with Crippen LogP contribution in [-0.2, 0) is 11.2 Å². The van der Waals surface area contributed by atoms with Gasteiger partial charge in [0.2, 0.25) is 5.91 Å². The number of carbonyl (C=O) groups is 2. The minimum absolute atomic E-state index is 0. The van der Waals surface area contributed by atoms with Crippen LogP contribution in [0.25, 0.3) is 0 Å². The van der Waals surface area contributed by atoms with Gasteiger partial charge in [-0.2, -0.15) is 0 Å². The molecule has 3 aliphatic rings. The third-order valence-corrected chi connectivity index (χ3v) is 6.56. The van der Waals surface area contributed by atoms with Crippen molar-refractivity contribution < 1.29 is 9.59 Å². The first-order valence-electron chi connectivity index (χ1n) is 10.5. The van der Waals surface area contributed by atoms with Gasteiger partial charge in [0.05, 0.1) is 0 Å². The summed E-state index contributed by atoms with van der Waals surface area (Å²) in [7, 11) is 0. The van der Waals surface area contributed by atoms with Crippen molar-refractivity contribution in [1.82, 2.24) is 15.1 Å². The normalized spacial score (nSPS) is 26.7. The second-order valence-corrected chi connectivity index (χ2v) is 8.40. The molecule has 4 rings (SSSR count). The molecule has 154 valence electrons. The number of hydrogen-bond acceptors (Lipinski definition) is 3. The lowest BCUT2D eigenvalue weighted by Crippen LogP contribution is -2.51. The van der Waals surface area contributed by atoms with E-state index < -0.39 is 0 Å². The summed E-state index contributed by atoms with van der Waals surface area (Å²) in [6.45, 7) is 4.71. The highest BCUT2D eigenvalue weighted by atomic mass is 35.5. The SMILES string of the molecule is CCc1ccc(C(=O)N2CCN(C(=O)CC3CC4CCC(C3)N4)CC2)cc1.Cl. The monoisotopic (exact) mass is 405 g/mol. The smallest absolute Gasteiger partial charge is 0.253 e.